The van der Waals surface area contributed by atoms with E-state index < -0.39 is 16.7 Å². The highest BCUT2D eigenvalue weighted by atomic mass is 16.5. The van der Waals surface area contributed by atoms with Crippen LogP contribution in [0, 0.1) is 13.8 Å². The molecule has 12 nitrogen and oxygen atoms in total. The van der Waals surface area contributed by atoms with Crippen LogP contribution in [-0.4, -0.2) is 47.0 Å². The third-order valence-electron chi connectivity index (χ3n) is 8.76. The Bertz CT molecular complexity index is 2270. The zero-order chi connectivity index (χ0) is 31.4. The van der Waals surface area contributed by atoms with Crippen LogP contribution in [0.2, 0.25) is 0 Å². The van der Waals surface area contributed by atoms with Gasteiger partial charge in [-0.05, 0) is 57.2 Å². The third-order valence-corrected chi connectivity index (χ3v) is 8.76. The van der Waals surface area contributed by atoms with E-state index in [9.17, 15) is 24.6 Å². The zero-order valence-electron chi connectivity index (χ0n) is 24.7. The minimum absolute atomic E-state index is 0.0557. The van der Waals surface area contributed by atoms with Crippen LogP contribution in [0.25, 0.3) is 34.1 Å². The lowest BCUT2D eigenvalue weighted by Gasteiger charge is -2.27. The van der Waals surface area contributed by atoms with Crippen molar-refractivity contribution in [1.29, 1.82) is 0 Å². The molecule has 1 aliphatic carbocycles. The topological polar surface area (TPSA) is 151 Å². The second-order valence-corrected chi connectivity index (χ2v) is 11.2. The first-order chi connectivity index (χ1) is 20.9. The van der Waals surface area contributed by atoms with Crippen molar-refractivity contribution in [2.75, 3.05) is 7.11 Å². The van der Waals surface area contributed by atoms with Gasteiger partial charge < -0.3 is 19.7 Å². The Balaban J connectivity index is 1.47. The fourth-order valence-electron chi connectivity index (χ4n) is 6.21. The number of ketones is 1. The van der Waals surface area contributed by atoms with E-state index in [1.165, 1.54) is 37.7 Å². The Kier molecular flexibility index (Phi) is 5.52. The predicted molar refractivity (Wildman–Crippen MR) is 161 cm³/mol. The molecular weight excluding hydrogens is 566 g/mol. The lowest BCUT2D eigenvalue weighted by Crippen LogP contribution is -2.37. The van der Waals surface area contributed by atoms with E-state index in [1.807, 2.05) is 12.1 Å². The van der Waals surface area contributed by atoms with Gasteiger partial charge in [-0.1, -0.05) is 0 Å². The average Bonchev–Trinajstić information content (AvgIpc) is 3.51. The van der Waals surface area contributed by atoms with Gasteiger partial charge in [-0.3, -0.25) is 18.7 Å². The number of phenolic OH excluding ortho intramolecular Hbond substituents is 2. The molecule has 0 spiro atoms. The van der Waals surface area contributed by atoms with Crippen LogP contribution in [0.4, 0.5) is 0 Å². The summed E-state index contributed by atoms with van der Waals surface area (Å²) in [5.41, 5.74) is 0.281. The van der Waals surface area contributed by atoms with Gasteiger partial charge in [0.1, 0.15) is 39.8 Å². The maximum absolute atomic E-state index is 14.4. The number of pyridine rings is 1. The van der Waals surface area contributed by atoms with E-state index in [0.717, 1.165) is 4.57 Å². The van der Waals surface area contributed by atoms with Crippen molar-refractivity contribution in [3.05, 3.63) is 91.1 Å². The molecular formula is C32H27N5O7. The third kappa shape index (κ3) is 3.30. The fraction of sp³-hybridized carbons (Fsp3) is 0.219. The highest BCUT2D eigenvalue weighted by molar-refractivity contribution is 6.14. The van der Waals surface area contributed by atoms with Gasteiger partial charge in [0.15, 0.2) is 5.78 Å². The summed E-state index contributed by atoms with van der Waals surface area (Å²) in [7, 11) is 4.45. The number of benzene rings is 2. The van der Waals surface area contributed by atoms with Crippen LogP contribution in [-0.2, 0) is 19.5 Å². The molecule has 1 atom stereocenters. The molecule has 0 saturated heterocycles. The number of carbonyl (C=O) groups excluding carboxylic acids is 1. The van der Waals surface area contributed by atoms with Gasteiger partial charge in [0, 0.05) is 25.7 Å². The molecule has 222 valence electrons. The largest absolute Gasteiger partial charge is 0.507 e. The number of ether oxygens (including phenoxy) is 2. The lowest BCUT2D eigenvalue weighted by atomic mass is 9.71. The molecule has 3 aromatic heterocycles. The first-order valence-electron chi connectivity index (χ1n) is 13.7. The number of allylic oxidation sites excluding steroid dienone is 1. The minimum Gasteiger partial charge on any atom is -0.507 e. The van der Waals surface area contributed by atoms with Crippen LogP contribution in [0.5, 0.6) is 23.0 Å². The molecule has 2 aromatic carbocycles. The van der Waals surface area contributed by atoms with E-state index in [1.54, 1.807) is 43.8 Å². The highest BCUT2D eigenvalue weighted by Gasteiger charge is 2.55. The summed E-state index contributed by atoms with van der Waals surface area (Å²) < 4.78 is 15.5. The zero-order valence-corrected chi connectivity index (χ0v) is 24.7. The van der Waals surface area contributed by atoms with Gasteiger partial charge in [0.25, 0.3) is 5.56 Å². The molecule has 0 radical (unpaired) electrons. The summed E-state index contributed by atoms with van der Waals surface area (Å²) in [4.78, 5) is 44.4. The summed E-state index contributed by atoms with van der Waals surface area (Å²) in [5, 5.41) is 27.6. The quantitative estimate of drug-likeness (QED) is 0.321. The summed E-state index contributed by atoms with van der Waals surface area (Å²) in [6.07, 6.45) is 1.72. The number of fused-ring (bicyclic) bond motifs is 5. The molecule has 5 aromatic rings. The lowest BCUT2D eigenvalue weighted by molar-refractivity contribution is 0.0905. The molecule has 12 heteroatoms. The van der Waals surface area contributed by atoms with Gasteiger partial charge in [0.2, 0.25) is 0 Å². The molecule has 2 N–H and O–H groups in total. The van der Waals surface area contributed by atoms with E-state index in [-0.39, 0.29) is 62.2 Å². The molecule has 7 rings (SSSR count). The van der Waals surface area contributed by atoms with Crippen molar-refractivity contribution in [2.24, 2.45) is 14.1 Å². The minimum atomic E-state index is -1.45. The maximum Gasteiger partial charge on any atom is 0.332 e. The second kappa shape index (κ2) is 8.93. The first-order valence-corrected chi connectivity index (χ1v) is 13.7. The molecule has 0 bridgehead atoms. The number of Topliss-reactive ketones (excluding diaryl/α,β-unsaturated/α-hetero) is 1. The van der Waals surface area contributed by atoms with E-state index >= 15 is 0 Å². The summed E-state index contributed by atoms with van der Waals surface area (Å²) in [6.45, 7) is 4.94. The monoisotopic (exact) mass is 593 g/mol. The van der Waals surface area contributed by atoms with Crippen LogP contribution in [0.1, 0.15) is 39.8 Å². The molecule has 0 amide bonds. The summed E-state index contributed by atoms with van der Waals surface area (Å²) >= 11 is 0. The Labute approximate surface area is 249 Å². The van der Waals surface area contributed by atoms with Gasteiger partial charge in [0.05, 0.1) is 52.0 Å². The number of nitrogens with zero attached hydrogens (tertiary/aromatic N) is 5. The SMILES string of the molecule is COc1ccc(-n2nc(C)c3c2C=C2Oc4c(-c5ccc6c(=O)n(C)c(=O)n(C)c6n5)c(O)c(C)c(O)c4[C@@]2(C)C3=O)cc1. The van der Waals surface area contributed by atoms with Crippen molar-refractivity contribution in [3.63, 3.8) is 0 Å². The number of hydrogen-bond donors (Lipinski definition) is 2. The Morgan fingerprint density at radius 2 is 1.64 bits per heavy atom. The number of phenols is 2. The van der Waals surface area contributed by atoms with Crippen molar-refractivity contribution in [3.8, 4) is 39.9 Å². The van der Waals surface area contributed by atoms with Gasteiger partial charge >= 0.3 is 5.69 Å². The second-order valence-electron chi connectivity index (χ2n) is 11.2. The van der Waals surface area contributed by atoms with Crippen LogP contribution >= 0.6 is 0 Å². The normalized spacial score (nSPS) is 16.8. The molecule has 0 saturated carbocycles. The van der Waals surface area contributed by atoms with Crippen molar-refractivity contribution < 1.29 is 24.5 Å². The smallest absolute Gasteiger partial charge is 0.332 e. The molecule has 4 heterocycles. The Morgan fingerprint density at radius 1 is 0.932 bits per heavy atom. The Hall–Kier alpha value is -5.65. The number of methoxy groups -OCH3 is 1. The van der Waals surface area contributed by atoms with E-state index in [2.05, 4.69) is 10.1 Å². The molecule has 1 aliphatic heterocycles. The van der Waals surface area contributed by atoms with E-state index in [0.29, 0.717) is 28.4 Å². The maximum atomic E-state index is 14.4. The number of aromatic hydroxyl groups is 2. The van der Waals surface area contributed by atoms with Gasteiger partial charge in [-0.25, -0.2) is 14.5 Å². The number of carbonyl (C=O) groups is 1. The first kappa shape index (κ1) is 27.2. The van der Waals surface area contributed by atoms with Gasteiger partial charge in [-0.15, -0.1) is 0 Å². The number of rotatable bonds is 3. The number of aromatic nitrogens is 5. The fourth-order valence-corrected chi connectivity index (χ4v) is 6.21. The molecule has 0 fully saturated rings. The van der Waals surface area contributed by atoms with Crippen LogP contribution in [0.3, 0.4) is 0 Å². The van der Waals surface area contributed by atoms with Crippen molar-refractivity contribution in [1.82, 2.24) is 23.9 Å². The molecule has 2 aliphatic rings. The van der Waals surface area contributed by atoms with Crippen LogP contribution < -0.4 is 20.7 Å². The standard InChI is InChI=1S/C32H27N5O7/c1-14-25(38)23(19-12-11-18-29(33-19)35(4)31(42)36(5)30(18)41)27-24(26(14)39)32(3)21(44-27)13-20-22(28(32)40)15(2)34-37(20)16-7-9-17(43-6)10-8-16/h7-13,38-39H,1-6H3/t32-/m0/s1. The number of aryl methyl sites for hydroxylation is 2. The molecule has 44 heavy (non-hydrogen) atoms. The number of hydrogen-bond acceptors (Lipinski definition) is 9. The van der Waals surface area contributed by atoms with Crippen LogP contribution in [0.15, 0.2) is 51.7 Å². The van der Waals surface area contributed by atoms with Crippen molar-refractivity contribution in [2.45, 2.75) is 26.2 Å². The van der Waals surface area contributed by atoms with Gasteiger partial charge in [-0.2, -0.15) is 5.10 Å². The predicted octanol–water partition coefficient (Wildman–Crippen LogP) is 3.41. The summed E-state index contributed by atoms with van der Waals surface area (Å²) in [6, 6.07) is 10.3. The van der Waals surface area contributed by atoms with Crippen molar-refractivity contribution >= 4 is 22.9 Å². The molecule has 0 unspecified atom stereocenters. The van der Waals surface area contributed by atoms with E-state index in [4.69, 9.17) is 9.47 Å². The Morgan fingerprint density at radius 3 is 2.32 bits per heavy atom. The average molecular weight is 594 g/mol. The highest BCUT2D eigenvalue weighted by Crippen LogP contribution is 2.60. The summed E-state index contributed by atoms with van der Waals surface area (Å²) in [5.74, 6) is 0.0404.